The Morgan fingerprint density at radius 1 is 1.16 bits per heavy atom. The van der Waals surface area contributed by atoms with Gasteiger partial charge >= 0.3 is 12.1 Å². The molecule has 31 heavy (non-hydrogen) atoms. The quantitative estimate of drug-likeness (QED) is 0.610. The number of carboxylic acids is 1. The Morgan fingerprint density at radius 3 is 2.61 bits per heavy atom. The van der Waals surface area contributed by atoms with Gasteiger partial charge in [0.15, 0.2) is 0 Å². The van der Waals surface area contributed by atoms with E-state index in [0.717, 1.165) is 50.4 Å². The average molecular weight is 437 g/mol. The molecule has 0 amide bonds. The summed E-state index contributed by atoms with van der Waals surface area (Å²) >= 11 is 0. The van der Waals surface area contributed by atoms with Crippen molar-refractivity contribution in [2.45, 2.75) is 50.4 Å². The number of carbonyl (C=O) groups is 1. The lowest BCUT2D eigenvalue weighted by Gasteiger charge is -2.33. The van der Waals surface area contributed by atoms with E-state index in [1.807, 2.05) is 4.90 Å². The van der Waals surface area contributed by atoms with Crippen LogP contribution in [0.5, 0.6) is 5.75 Å². The highest BCUT2D eigenvalue weighted by Gasteiger charge is 2.32. The number of piperidine rings is 1. The minimum Gasteiger partial charge on any atom is -0.489 e. The van der Waals surface area contributed by atoms with Gasteiger partial charge < -0.3 is 9.84 Å². The van der Waals surface area contributed by atoms with Crippen molar-refractivity contribution >= 4 is 5.97 Å². The van der Waals surface area contributed by atoms with Crippen LogP contribution in [0.3, 0.4) is 0 Å². The molecule has 0 bridgehead atoms. The molecule has 2 aromatic rings. The van der Waals surface area contributed by atoms with Crippen LogP contribution in [0.4, 0.5) is 17.6 Å². The first kappa shape index (κ1) is 21.6. The first-order valence-corrected chi connectivity index (χ1v) is 10.3. The first-order chi connectivity index (χ1) is 14.7. The Kier molecular flexibility index (Phi) is 5.92. The second kappa shape index (κ2) is 8.49. The third kappa shape index (κ3) is 5.18. The Labute approximate surface area is 177 Å². The number of alkyl halides is 3. The van der Waals surface area contributed by atoms with Crippen LogP contribution in [0.25, 0.3) is 0 Å². The molecule has 1 saturated carbocycles. The van der Waals surface area contributed by atoms with E-state index in [1.54, 1.807) is 6.07 Å². The van der Waals surface area contributed by atoms with E-state index in [1.165, 1.54) is 12.1 Å². The van der Waals surface area contributed by atoms with Crippen molar-refractivity contribution in [2.75, 3.05) is 13.1 Å². The summed E-state index contributed by atoms with van der Waals surface area (Å²) in [5, 5.41) is 9.19. The molecular weight excluding hydrogens is 414 g/mol. The second-order valence-corrected chi connectivity index (χ2v) is 8.26. The highest BCUT2D eigenvalue weighted by Crippen LogP contribution is 2.45. The van der Waals surface area contributed by atoms with Crippen molar-refractivity contribution in [1.29, 1.82) is 0 Å². The number of aromatic carboxylic acids is 1. The van der Waals surface area contributed by atoms with E-state index in [4.69, 9.17) is 4.74 Å². The summed E-state index contributed by atoms with van der Waals surface area (Å²) in [4.78, 5) is 13.3. The molecule has 1 atom stereocenters. The first-order valence-electron chi connectivity index (χ1n) is 10.3. The minimum absolute atomic E-state index is 0.179. The summed E-state index contributed by atoms with van der Waals surface area (Å²) < 4.78 is 59.3. The highest BCUT2D eigenvalue weighted by atomic mass is 19.4. The maximum Gasteiger partial charge on any atom is 0.416 e. The Balaban J connectivity index is 1.46. The fraction of sp³-hybridized carbons (Fsp3) is 0.435. The number of hydrogen-bond acceptors (Lipinski definition) is 3. The molecule has 1 N–H and O–H groups in total. The van der Waals surface area contributed by atoms with Gasteiger partial charge in [-0.2, -0.15) is 13.2 Å². The van der Waals surface area contributed by atoms with Crippen molar-refractivity contribution in [2.24, 2.45) is 0 Å². The van der Waals surface area contributed by atoms with Crippen LogP contribution in [-0.2, 0) is 12.7 Å². The van der Waals surface area contributed by atoms with Crippen LogP contribution in [0, 0.1) is 5.82 Å². The van der Waals surface area contributed by atoms with Gasteiger partial charge in [-0.15, -0.1) is 0 Å². The van der Waals surface area contributed by atoms with Crippen LogP contribution < -0.4 is 4.74 Å². The lowest BCUT2D eigenvalue weighted by molar-refractivity contribution is -0.137. The summed E-state index contributed by atoms with van der Waals surface area (Å²) in [6, 6.07) is 7.82. The van der Waals surface area contributed by atoms with Gasteiger partial charge in [0.2, 0.25) is 0 Å². The molecule has 166 valence electrons. The molecule has 4 rings (SSSR count). The Morgan fingerprint density at radius 2 is 1.94 bits per heavy atom. The Hall–Kier alpha value is -2.61. The van der Waals surface area contributed by atoms with Crippen LogP contribution >= 0.6 is 0 Å². The van der Waals surface area contributed by atoms with Crippen molar-refractivity contribution in [1.82, 2.24) is 4.90 Å². The summed E-state index contributed by atoms with van der Waals surface area (Å²) in [5.74, 6) is -1.59. The maximum absolute atomic E-state index is 14.3. The summed E-state index contributed by atoms with van der Waals surface area (Å²) in [5.41, 5.74) is 0.266. The molecule has 2 fully saturated rings. The molecule has 1 heterocycles. The third-order valence-electron chi connectivity index (χ3n) is 5.76. The summed E-state index contributed by atoms with van der Waals surface area (Å²) in [6.45, 7) is 1.60. The van der Waals surface area contributed by atoms with Gasteiger partial charge in [0.05, 0.1) is 11.1 Å². The molecule has 1 aliphatic carbocycles. The molecule has 1 aliphatic heterocycles. The number of rotatable bonds is 6. The molecule has 8 heteroatoms. The smallest absolute Gasteiger partial charge is 0.416 e. The fourth-order valence-electron chi connectivity index (χ4n) is 4.09. The molecule has 1 saturated heterocycles. The highest BCUT2D eigenvalue weighted by molar-refractivity contribution is 5.88. The number of ether oxygens (including phenoxy) is 1. The van der Waals surface area contributed by atoms with E-state index < -0.39 is 23.5 Å². The Bertz CT molecular complexity index is 972. The van der Waals surface area contributed by atoms with Gasteiger partial charge in [0, 0.05) is 19.2 Å². The molecular formula is C23H23F4NO3. The van der Waals surface area contributed by atoms with Crippen molar-refractivity contribution in [3.05, 3.63) is 64.5 Å². The number of benzene rings is 2. The molecule has 4 nitrogen and oxygen atoms in total. The predicted molar refractivity (Wildman–Crippen MR) is 106 cm³/mol. The topological polar surface area (TPSA) is 49.8 Å². The monoisotopic (exact) mass is 437 g/mol. The second-order valence-electron chi connectivity index (χ2n) is 8.26. The van der Waals surface area contributed by atoms with Crippen molar-refractivity contribution < 1.29 is 32.2 Å². The van der Waals surface area contributed by atoms with Gasteiger partial charge in [-0.1, -0.05) is 18.2 Å². The summed E-state index contributed by atoms with van der Waals surface area (Å²) in [6.07, 6.45) is -1.26. The normalized spacial score (nSPS) is 19.9. The number of halogens is 4. The zero-order valence-corrected chi connectivity index (χ0v) is 16.8. The van der Waals surface area contributed by atoms with Crippen molar-refractivity contribution in [3.63, 3.8) is 0 Å². The summed E-state index contributed by atoms with van der Waals surface area (Å²) in [7, 11) is 0. The van der Waals surface area contributed by atoms with Gasteiger partial charge in [0.25, 0.3) is 0 Å². The van der Waals surface area contributed by atoms with E-state index in [-0.39, 0.29) is 17.6 Å². The number of carboxylic acid groups (broad SMARTS) is 1. The third-order valence-corrected chi connectivity index (χ3v) is 5.76. The molecule has 2 aromatic carbocycles. The molecule has 0 aromatic heterocycles. The number of nitrogens with zero attached hydrogens (tertiary/aromatic N) is 1. The fourth-order valence-corrected chi connectivity index (χ4v) is 4.09. The van der Waals surface area contributed by atoms with Gasteiger partial charge in [0.1, 0.15) is 17.7 Å². The molecule has 0 unspecified atom stereocenters. The van der Waals surface area contributed by atoms with E-state index in [2.05, 4.69) is 0 Å². The van der Waals surface area contributed by atoms with Gasteiger partial charge in [-0.25, -0.2) is 9.18 Å². The van der Waals surface area contributed by atoms with Gasteiger partial charge in [-0.3, -0.25) is 4.90 Å². The van der Waals surface area contributed by atoms with E-state index in [9.17, 15) is 27.5 Å². The van der Waals surface area contributed by atoms with E-state index >= 15 is 0 Å². The lowest BCUT2D eigenvalue weighted by Crippen LogP contribution is -2.40. The van der Waals surface area contributed by atoms with Crippen LogP contribution in [0.1, 0.15) is 58.6 Å². The maximum atomic E-state index is 14.3. The largest absolute Gasteiger partial charge is 0.489 e. The lowest BCUT2D eigenvalue weighted by atomic mass is 10.0. The zero-order valence-electron chi connectivity index (χ0n) is 16.8. The minimum atomic E-state index is -4.38. The van der Waals surface area contributed by atoms with E-state index in [0.29, 0.717) is 30.0 Å². The number of likely N-dealkylation sites (tertiary alicyclic amines) is 1. The van der Waals surface area contributed by atoms with Crippen LogP contribution in [0.15, 0.2) is 36.4 Å². The van der Waals surface area contributed by atoms with Crippen molar-refractivity contribution in [3.8, 4) is 5.75 Å². The number of hydrogen-bond donors (Lipinski definition) is 1. The van der Waals surface area contributed by atoms with Crippen LogP contribution in [-0.4, -0.2) is 35.2 Å². The average Bonchev–Trinajstić information content (AvgIpc) is 3.53. The molecule has 2 aliphatic rings. The van der Waals surface area contributed by atoms with Crippen LogP contribution in [0.2, 0.25) is 0 Å². The molecule has 0 radical (unpaired) electrons. The standard InChI is InChI=1S/C23H23F4NO3/c24-20-11-21(18(15-6-7-15)10-19(20)22(29)30)31-17-5-2-8-28(13-17)12-14-3-1-4-16(9-14)23(25,26)27/h1,3-4,9-11,15,17H,2,5-8,12-13H2,(H,29,30)/t17-/m1/s1. The van der Waals surface area contributed by atoms with Gasteiger partial charge in [-0.05, 0) is 61.4 Å². The predicted octanol–water partition coefficient (Wildman–Crippen LogP) is 5.46. The zero-order chi connectivity index (χ0) is 22.2. The molecule has 0 spiro atoms. The SMILES string of the molecule is O=C(O)c1cc(C2CC2)c(O[C@@H]2CCCN(Cc3cccc(C(F)(F)F)c3)C2)cc1F.